The van der Waals surface area contributed by atoms with Crippen LogP contribution in [0.5, 0.6) is 0 Å². The minimum atomic E-state index is -4.06. The molecule has 5 heteroatoms. The minimum absolute atomic E-state index is 0.0374. The van der Waals surface area contributed by atoms with Crippen LogP contribution < -0.4 is 5.32 Å². The number of hydrogen-bond acceptors (Lipinski definition) is 2. The molecule has 1 N–H and O–H groups in total. The molecule has 0 bridgehead atoms. The lowest BCUT2D eigenvalue weighted by Crippen LogP contribution is -2.53. The van der Waals surface area contributed by atoms with Crippen molar-refractivity contribution in [2.45, 2.75) is 25.6 Å². The predicted molar refractivity (Wildman–Crippen MR) is 44.6 cm³/mol. The summed E-state index contributed by atoms with van der Waals surface area (Å²) in [4.78, 5) is 1.51. The molecule has 0 radical (unpaired) electrons. The number of halogens is 3. The summed E-state index contributed by atoms with van der Waals surface area (Å²) in [6, 6.07) is 0.0374. The first kappa shape index (κ1) is 10.8. The standard InChI is InChI=1S/C8H15F3N2/c1-2-7-5-12-3-4-13(7)6-8(9,10)11/h7,12H,2-6H2,1H3/t7-/m1/s1. The number of piperazine rings is 1. The van der Waals surface area contributed by atoms with Crippen LogP contribution >= 0.6 is 0 Å². The first-order valence-electron chi connectivity index (χ1n) is 4.54. The summed E-state index contributed by atoms with van der Waals surface area (Å²) in [5, 5.41) is 3.09. The first-order chi connectivity index (χ1) is 6.03. The lowest BCUT2D eigenvalue weighted by molar-refractivity contribution is -0.152. The van der Waals surface area contributed by atoms with Crippen LogP contribution in [0.25, 0.3) is 0 Å². The molecule has 0 aromatic rings. The molecule has 0 saturated carbocycles. The summed E-state index contributed by atoms with van der Waals surface area (Å²) in [7, 11) is 0. The molecule has 0 spiro atoms. The van der Waals surface area contributed by atoms with Crippen LogP contribution in [0.2, 0.25) is 0 Å². The molecule has 1 atom stereocenters. The summed E-state index contributed by atoms with van der Waals surface area (Å²) in [5.74, 6) is 0. The average molecular weight is 196 g/mol. The van der Waals surface area contributed by atoms with E-state index in [1.165, 1.54) is 4.90 Å². The van der Waals surface area contributed by atoms with Gasteiger partial charge in [0.25, 0.3) is 0 Å². The summed E-state index contributed by atoms with van der Waals surface area (Å²) in [6.07, 6.45) is -3.30. The van der Waals surface area contributed by atoms with E-state index in [0.29, 0.717) is 19.6 Å². The van der Waals surface area contributed by atoms with Crippen molar-refractivity contribution in [3.63, 3.8) is 0 Å². The Bertz CT molecular complexity index is 158. The van der Waals surface area contributed by atoms with E-state index in [0.717, 1.165) is 6.42 Å². The van der Waals surface area contributed by atoms with Gasteiger partial charge in [0, 0.05) is 25.7 Å². The first-order valence-corrected chi connectivity index (χ1v) is 4.54. The van der Waals surface area contributed by atoms with Crippen LogP contribution in [0.15, 0.2) is 0 Å². The van der Waals surface area contributed by atoms with Gasteiger partial charge in [-0.05, 0) is 6.42 Å². The molecule has 1 heterocycles. The maximum Gasteiger partial charge on any atom is 0.401 e. The van der Waals surface area contributed by atoms with E-state index >= 15 is 0 Å². The van der Waals surface area contributed by atoms with Gasteiger partial charge in [-0.3, -0.25) is 4.90 Å². The normalized spacial score (nSPS) is 26.3. The third-order valence-corrected chi connectivity index (χ3v) is 2.33. The molecule has 1 rings (SSSR count). The van der Waals surface area contributed by atoms with Gasteiger partial charge in [-0.2, -0.15) is 13.2 Å². The fraction of sp³-hybridized carbons (Fsp3) is 1.00. The zero-order valence-corrected chi connectivity index (χ0v) is 7.69. The molecule has 1 fully saturated rings. The van der Waals surface area contributed by atoms with E-state index in [4.69, 9.17) is 0 Å². The molecular formula is C8H15F3N2. The van der Waals surface area contributed by atoms with Crippen LogP contribution in [-0.2, 0) is 0 Å². The van der Waals surface area contributed by atoms with Gasteiger partial charge in [0.1, 0.15) is 0 Å². The fourth-order valence-corrected chi connectivity index (χ4v) is 1.64. The van der Waals surface area contributed by atoms with E-state index in [1.54, 1.807) is 0 Å². The minimum Gasteiger partial charge on any atom is -0.314 e. The number of rotatable bonds is 2. The molecule has 0 unspecified atom stereocenters. The number of hydrogen-bond donors (Lipinski definition) is 1. The zero-order chi connectivity index (χ0) is 9.90. The number of alkyl halides is 3. The zero-order valence-electron chi connectivity index (χ0n) is 7.69. The highest BCUT2D eigenvalue weighted by atomic mass is 19.4. The lowest BCUT2D eigenvalue weighted by atomic mass is 10.1. The summed E-state index contributed by atoms with van der Waals surface area (Å²) in [6.45, 7) is 2.98. The van der Waals surface area contributed by atoms with Gasteiger partial charge in [0.15, 0.2) is 0 Å². The van der Waals surface area contributed by atoms with Crippen LogP contribution in [0.3, 0.4) is 0 Å². The molecule has 1 aliphatic heterocycles. The topological polar surface area (TPSA) is 15.3 Å². The Morgan fingerprint density at radius 1 is 1.46 bits per heavy atom. The Balaban J connectivity index is 2.45. The van der Waals surface area contributed by atoms with Gasteiger partial charge in [-0.15, -0.1) is 0 Å². The molecule has 78 valence electrons. The van der Waals surface area contributed by atoms with Crippen molar-refractivity contribution in [2.24, 2.45) is 0 Å². The highest BCUT2D eigenvalue weighted by Gasteiger charge is 2.34. The molecule has 0 aliphatic carbocycles. The maximum absolute atomic E-state index is 12.1. The molecule has 13 heavy (non-hydrogen) atoms. The van der Waals surface area contributed by atoms with E-state index in [2.05, 4.69) is 5.32 Å². The molecular weight excluding hydrogens is 181 g/mol. The number of nitrogens with zero attached hydrogens (tertiary/aromatic N) is 1. The molecule has 0 aromatic carbocycles. The van der Waals surface area contributed by atoms with Crippen LogP contribution in [0.1, 0.15) is 13.3 Å². The largest absolute Gasteiger partial charge is 0.401 e. The van der Waals surface area contributed by atoms with Gasteiger partial charge in [-0.1, -0.05) is 6.92 Å². The van der Waals surface area contributed by atoms with Crippen molar-refractivity contribution in [2.75, 3.05) is 26.2 Å². The monoisotopic (exact) mass is 196 g/mol. The van der Waals surface area contributed by atoms with Crippen molar-refractivity contribution < 1.29 is 13.2 Å². The lowest BCUT2D eigenvalue weighted by Gasteiger charge is -2.35. The second kappa shape index (κ2) is 4.28. The second-order valence-corrected chi connectivity index (χ2v) is 3.35. The second-order valence-electron chi connectivity index (χ2n) is 3.35. The van der Waals surface area contributed by atoms with Gasteiger partial charge < -0.3 is 5.32 Å². The molecule has 0 aromatic heterocycles. The van der Waals surface area contributed by atoms with E-state index in [9.17, 15) is 13.2 Å². The van der Waals surface area contributed by atoms with Crippen LogP contribution in [0, 0.1) is 0 Å². The van der Waals surface area contributed by atoms with E-state index in [1.807, 2.05) is 6.92 Å². The summed E-state index contributed by atoms with van der Waals surface area (Å²) >= 11 is 0. The molecule has 1 aliphatic rings. The Labute approximate surface area is 76.1 Å². The maximum atomic E-state index is 12.1. The van der Waals surface area contributed by atoms with Gasteiger partial charge in [0.2, 0.25) is 0 Å². The molecule has 1 saturated heterocycles. The molecule has 0 amide bonds. The van der Waals surface area contributed by atoms with E-state index < -0.39 is 12.7 Å². The van der Waals surface area contributed by atoms with Crippen LogP contribution in [-0.4, -0.2) is 43.3 Å². The highest BCUT2D eigenvalue weighted by molar-refractivity contribution is 4.80. The Morgan fingerprint density at radius 3 is 2.69 bits per heavy atom. The van der Waals surface area contributed by atoms with Crippen LogP contribution in [0.4, 0.5) is 13.2 Å². The van der Waals surface area contributed by atoms with Gasteiger partial charge in [-0.25, -0.2) is 0 Å². The Morgan fingerprint density at radius 2 is 2.15 bits per heavy atom. The average Bonchev–Trinajstić information content (AvgIpc) is 2.02. The smallest absolute Gasteiger partial charge is 0.314 e. The SMILES string of the molecule is CC[C@@H]1CNCCN1CC(F)(F)F. The quantitative estimate of drug-likeness (QED) is 0.714. The predicted octanol–water partition coefficient (Wildman–Crippen LogP) is 1.23. The Kier molecular flexibility index (Phi) is 3.55. The summed E-state index contributed by atoms with van der Waals surface area (Å²) < 4.78 is 36.3. The number of nitrogens with one attached hydrogen (secondary N) is 1. The van der Waals surface area contributed by atoms with Crippen molar-refractivity contribution in [1.82, 2.24) is 10.2 Å². The third-order valence-electron chi connectivity index (χ3n) is 2.33. The van der Waals surface area contributed by atoms with E-state index in [-0.39, 0.29) is 6.04 Å². The van der Waals surface area contributed by atoms with Gasteiger partial charge in [0.05, 0.1) is 6.54 Å². The Hall–Kier alpha value is -0.290. The third kappa shape index (κ3) is 3.52. The van der Waals surface area contributed by atoms with Gasteiger partial charge >= 0.3 is 6.18 Å². The van der Waals surface area contributed by atoms with Crippen molar-refractivity contribution in [3.05, 3.63) is 0 Å². The molecule has 2 nitrogen and oxygen atoms in total. The van der Waals surface area contributed by atoms with Crippen molar-refractivity contribution in [3.8, 4) is 0 Å². The fourth-order valence-electron chi connectivity index (χ4n) is 1.64. The summed E-state index contributed by atoms with van der Waals surface area (Å²) in [5.41, 5.74) is 0. The van der Waals surface area contributed by atoms with Crippen molar-refractivity contribution >= 4 is 0 Å². The van der Waals surface area contributed by atoms with Crippen molar-refractivity contribution in [1.29, 1.82) is 0 Å². The highest BCUT2D eigenvalue weighted by Crippen LogP contribution is 2.19.